The van der Waals surface area contributed by atoms with Crippen molar-refractivity contribution < 1.29 is 14.7 Å². The van der Waals surface area contributed by atoms with Crippen LogP contribution in [0, 0.1) is 0 Å². The Balaban J connectivity index is 2.54. The van der Waals surface area contributed by atoms with Gasteiger partial charge in [0.05, 0.1) is 11.9 Å². The van der Waals surface area contributed by atoms with Crippen LogP contribution in [0.3, 0.4) is 0 Å². The zero-order valence-electron chi connectivity index (χ0n) is 10.3. The highest BCUT2D eigenvalue weighted by Gasteiger charge is 2.04. The molecule has 0 aromatic carbocycles. The van der Waals surface area contributed by atoms with E-state index in [0.29, 0.717) is 12.2 Å². The summed E-state index contributed by atoms with van der Waals surface area (Å²) in [5, 5.41) is 11.2. The number of anilines is 1. The van der Waals surface area contributed by atoms with Crippen molar-refractivity contribution in [2.75, 3.05) is 26.0 Å². The van der Waals surface area contributed by atoms with Gasteiger partial charge in [0.15, 0.2) is 0 Å². The highest BCUT2D eigenvalue weighted by atomic mass is 16.4. The Hall–Kier alpha value is -2.21. The molecule has 0 aliphatic carbocycles. The van der Waals surface area contributed by atoms with Crippen LogP contribution in [0.5, 0.6) is 0 Å². The lowest BCUT2D eigenvalue weighted by molar-refractivity contribution is -0.111. The number of likely N-dealkylation sites (N-methyl/N-ethyl adjacent to an activating group) is 1. The number of carboxylic acid groups (broad SMARTS) is 1. The molecule has 6 nitrogen and oxygen atoms in total. The van der Waals surface area contributed by atoms with E-state index in [1.807, 2.05) is 19.0 Å². The van der Waals surface area contributed by atoms with Gasteiger partial charge in [-0.3, -0.25) is 4.79 Å². The van der Waals surface area contributed by atoms with Crippen LogP contribution in [0.2, 0.25) is 0 Å². The Morgan fingerprint density at radius 2 is 2.17 bits per heavy atom. The van der Waals surface area contributed by atoms with E-state index in [2.05, 4.69) is 10.3 Å². The van der Waals surface area contributed by atoms with Gasteiger partial charge in [-0.1, -0.05) is 6.08 Å². The number of hydrogen-bond acceptors (Lipinski definition) is 4. The highest BCUT2D eigenvalue weighted by Crippen LogP contribution is 2.06. The Kier molecular flexibility index (Phi) is 5.01. The molecule has 0 atom stereocenters. The van der Waals surface area contributed by atoms with E-state index < -0.39 is 5.97 Å². The molecule has 0 spiro atoms. The molecule has 0 bridgehead atoms. The van der Waals surface area contributed by atoms with Crippen LogP contribution in [0.15, 0.2) is 30.5 Å². The second kappa shape index (κ2) is 6.51. The quantitative estimate of drug-likeness (QED) is 0.755. The zero-order chi connectivity index (χ0) is 13.5. The van der Waals surface area contributed by atoms with E-state index in [9.17, 15) is 9.59 Å². The molecular formula is C12H15N3O3. The summed E-state index contributed by atoms with van der Waals surface area (Å²) < 4.78 is 0. The maximum absolute atomic E-state index is 11.5. The van der Waals surface area contributed by atoms with Gasteiger partial charge < -0.3 is 15.3 Å². The van der Waals surface area contributed by atoms with Crippen molar-refractivity contribution in [2.45, 2.75) is 0 Å². The predicted molar refractivity (Wildman–Crippen MR) is 67.5 cm³/mol. The number of carboxylic acids is 1. The van der Waals surface area contributed by atoms with E-state index in [-0.39, 0.29) is 11.6 Å². The topological polar surface area (TPSA) is 82.5 Å². The van der Waals surface area contributed by atoms with Gasteiger partial charge in [0.1, 0.15) is 5.69 Å². The molecule has 0 saturated carbocycles. The summed E-state index contributed by atoms with van der Waals surface area (Å²) in [6.07, 6.45) is 4.46. The molecule has 6 heteroatoms. The smallest absolute Gasteiger partial charge is 0.354 e. The fraction of sp³-hybridized carbons (Fsp3) is 0.250. The zero-order valence-corrected chi connectivity index (χ0v) is 10.3. The average Bonchev–Trinajstić information content (AvgIpc) is 2.29. The Bertz CT molecular complexity index is 452. The van der Waals surface area contributed by atoms with Crippen LogP contribution in [0.4, 0.5) is 5.69 Å². The van der Waals surface area contributed by atoms with Crippen molar-refractivity contribution >= 4 is 17.6 Å². The number of hydrogen-bond donors (Lipinski definition) is 2. The number of aromatic nitrogens is 1. The van der Waals surface area contributed by atoms with Crippen LogP contribution in [0.25, 0.3) is 0 Å². The summed E-state index contributed by atoms with van der Waals surface area (Å²) in [6, 6.07) is 2.83. The molecule has 0 fully saturated rings. The average molecular weight is 249 g/mol. The SMILES string of the molecule is CN(C)C/C=C/C(=O)Nc1ccc(C(=O)O)nc1. The molecule has 1 rings (SSSR count). The molecule has 0 aliphatic rings. The van der Waals surface area contributed by atoms with Gasteiger partial charge in [-0.2, -0.15) is 0 Å². The second-order valence-electron chi connectivity index (χ2n) is 3.89. The summed E-state index contributed by atoms with van der Waals surface area (Å²) in [7, 11) is 3.80. The lowest BCUT2D eigenvalue weighted by Gasteiger charge is -2.04. The number of aromatic carboxylic acids is 1. The first-order valence-corrected chi connectivity index (χ1v) is 5.30. The number of rotatable bonds is 5. The van der Waals surface area contributed by atoms with Crippen LogP contribution in [-0.2, 0) is 4.79 Å². The largest absolute Gasteiger partial charge is 0.477 e. The first-order chi connectivity index (χ1) is 8.49. The van der Waals surface area contributed by atoms with Crippen molar-refractivity contribution in [3.8, 4) is 0 Å². The normalized spacial score (nSPS) is 10.8. The van der Waals surface area contributed by atoms with E-state index in [1.165, 1.54) is 24.4 Å². The van der Waals surface area contributed by atoms with Crippen molar-refractivity contribution in [1.29, 1.82) is 0 Å². The van der Waals surface area contributed by atoms with Gasteiger partial charge in [-0.05, 0) is 26.2 Å². The fourth-order valence-corrected chi connectivity index (χ4v) is 1.15. The minimum atomic E-state index is -1.10. The van der Waals surface area contributed by atoms with Gasteiger partial charge in [-0.25, -0.2) is 9.78 Å². The summed E-state index contributed by atoms with van der Waals surface area (Å²) in [5.74, 6) is -1.37. The maximum Gasteiger partial charge on any atom is 0.354 e. The molecule has 2 N–H and O–H groups in total. The molecule has 1 aromatic rings. The second-order valence-corrected chi connectivity index (χ2v) is 3.89. The minimum absolute atomic E-state index is 0.0591. The standard InChI is InChI=1S/C12H15N3O3/c1-15(2)7-3-4-11(16)14-9-5-6-10(12(17)18)13-8-9/h3-6,8H,7H2,1-2H3,(H,14,16)(H,17,18)/b4-3+. The molecule has 0 unspecified atom stereocenters. The third-order valence-electron chi connectivity index (χ3n) is 1.99. The Morgan fingerprint density at radius 1 is 1.44 bits per heavy atom. The monoisotopic (exact) mass is 249 g/mol. The van der Waals surface area contributed by atoms with Crippen LogP contribution in [0.1, 0.15) is 10.5 Å². The fourth-order valence-electron chi connectivity index (χ4n) is 1.15. The number of nitrogens with one attached hydrogen (secondary N) is 1. The van der Waals surface area contributed by atoms with E-state index in [4.69, 9.17) is 5.11 Å². The number of carbonyl (C=O) groups excluding carboxylic acids is 1. The molecule has 0 aliphatic heterocycles. The number of pyridine rings is 1. The van der Waals surface area contributed by atoms with Crippen LogP contribution >= 0.6 is 0 Å². The van der Waals surface area contributed by atoms with Gasteiger partial charge >= 0.3 is 5.97 Å². The summed E-state index contributed by atoms with van der Waals surface area (Å²) in [5.41, 5.74) is 0.399. The third kappa shape index (κ3) is 4.75. The Morgan fingerprint density at radius 3 is 2.67 bits per heavy atom. The Labute approximate surface area is 105 Å². The van der Waals surface area contributed by atoms with Gasteiger partial charge in [0.25, 0.3) is 0 Å². The molecule has 0 saturated heterocycles. The lowest BCUT2D eigenvalue weighted by Crippen LogP contribution is -2.13. The number of nitrogens with zero attached hydrogens (tertiary/aromatic N) is 2. The summed E-state index contributed by atoms with van der Waals surface area (Å²) in [4.78, 5) is 27.6. The van der Waals surface area contributed by atoms with Gasteiger partial charge in [0, 0.05) is 12.6 Å². The highest BCUT2D eigenvalue weighted by molar-refractivity contribution is 5.99. The molecule has 18 heavy (non-hydrogen) atoms. The van der Waals surface area contributed by atoms with E-state index in [0.717, 1.165) is 0 Å². The molecule has 1 amide bonds. The molecule has 0 radical (unpaired) electrons. The lowest BCUT2D eigenvalue weighted by atomic mass is 10.3. The third-order valence-corrected chi connectivity index (χ3v) is 1.99. The molecule has 1 heterocycles. The summed E-state index contributed by atoms with van der Waals surface area (Å²) in [6.45, 7) is 0.670. The first-order valence-electron chi connectivity index (χ1n) is 5.30. The first kappa shape index (κ1) is 13.9. The maximum atomic E-state index is 11.5. The number of amides is 1. The van der Waals surface area contributed by atoms with Crippen molar-refractivity contribution in [3.63, 3.8) is 0 Å². The molecule has 1 aromatic heterocycles. The van der Waals surface area contributed by atoms with Crippen molar-refractivity contribution in [1.82, 2.24) is 9.88 Å². The van der Waals surface area contributed by atoms with E-state index >= 15 is 0 Å². The van der Waals surface area contributed by atoms with Gasteiger partial charge in [-0.15, -0.1) is 0 Å². The minimum Gasteiger partial charge on any atom is -0.477 e. The number of carbonyl (C=O) groups is 2. The van der Waals surface area contributed by atoms with Crippen LogP contribution in [-0.4, -0.2) is 47.5 Å². The molecular weight excluding hydrogens is 234 g/mol. The molecule has 96 valence electrons. The van der Waals surface area contributed by atoms with E-state index in [1.54, 1.807) is 6.08 Å². The van der Waals surface area contributed by atoms with Crippen molar-refractivity contribution in [2.24, 2.45) is 0 Å². The summed E-state index contributed by atoms with van der Waals surface area (Å²) >= 11 is 0. The predicted octanol–water partition coefficient (Wildman–Crippen LogP) is 0.836. The van der Waals surface area contributed by atoms with Gasteiger partial charge in [0.2, 0.25) is 5.91 Å². The van der Waals surface area contributed by atoms with Crippen LogP contribution < -0.4 is 5.32 Å². The van der Waals surface area contributed by atoms with Crippen molar-refractivity contribution in [3.05, 3.63) is 36.2 Å².